The lowest BCUT2D eigenvalue weighted by Gasteiger charge is -2.12. The Labute approximate surface area is 143 Å². The van der Waals surface area contributed by atoms with Gasteiger partial charge in [0.05, 0.1) is 0 Å². The van der Waals surface area contributed by atoms with Crippen molar-refractivity contribution in [3.63, 3.8) is 0 Å². The number of H-pyrrole nitrogens is 1. The third kappa shape index (κ3) is 3.11. The van der Waals surface area contributed by atoms with E-state index in [1.54, 1.807) is 0 Å². The van der Waals surface area contributed by atoms with Gasteiger partial charge in [-0.2, -0.15) is 0 Å². The Morgan fingerprint density at radius 3 is 2.64 bits per heavy atom. The summed E-state index contributed by atoms with van der Waals surface area (Å²) in [7, 11) is 0. The maximum absolute atomic E-state index is 13.8. The fourth-order valence-electron chi connectivity index (χ4n) is 2.85. The first kappa shape index (κ1) is 15.4. The van der Waals surface area contributed by atoms with E-state index in [9.17, 15) is 8.78 Å². The maximum atomic E-state index is 13.8. The third-order valence-corrected chi connectivity index (χ3v) is 4.15. The summed E-state index contributed by atoms with van der Waals surface area (Å²) in [6, 6.07) is 19.2. The van der Waals surface area contributed by atoms with Gasteiger partial charge in [0.1, 0.15) is 24.0 Å². The Morgan fingerprint density at radius 1 is 0.880 bits per heavy atom. The molecule has 0 spiro atoms. The first-order chi connectivity index (χ1) is 12.2. The van der Waals surface area contributed by atoms with Crippen molar-refractivity contribution >= 4 is 10.9 Å². The molecule has 25 heavy (non-hydrogen) atoms. The smallest absolute Gasteiger partial charge is 0.132 e. The number of rotatable bonds is 4. The van der Waals surface area contributed by atoms with Gasteiger partial charge in [0, 0.05) is 28.9 Å². The number of halogens is 2. The van der Waals surface area contributed by atoms with E-state index in [-0.39, 0.29) is 6.61 Å². The van der Waals surface area contributed by atoms with Gasteiger partial charge in [-0.25, -0.2) is 8.78 Å². The van der Waals surface area contributed by atoms with Gasteiger partial charge in [-0.15, -0.1) is 0 Å². The monoisotopic (exact) mass is 335 g/mol. The van der Waals surface area contributed by atoms with E-state index < -0.39 is 11.6 Å². The molecule has 2 nitrogen and oxygen atoms in total. The Bertz CT molecular complexity index is 1040. The lowest BCUT2D eigenvalue weighted by atomic mass is 10.0. The Morgan fingerprint density at radius 2 is 1.76 bits per heavy atom. The van der Waals surface area contributed by atoms with Crippen molar-refractivity contribution in [2.45, 2.75) is 6.61 Å². The number of aromatic amines is 1. The Hall–Kier alpha value is -3.14. The molecule has 0 fully saturated rings. The highest BCUT2D eigenvalue weighted by atomic mass is 19.1. The molecule has 0 unspecified atom stereocenters. The van der Waals surface area contributed by atoms with Crippen LogP contribution in [-0.4, -0.2) is 4.98 Å². The zero-order chi connectivity index (χ0) is 17.2. The van der Waals surface area contributed by atoms with Crippen LogP contribution in [0, 0.1) is 11.6 Å². The number of benzene rings is 3. The van der Waals surface area contributed by atoms with Crippen molar-refractivity contribution in [2.75, 3.05) is 0 Å². The molecular formula is C21H15F2NO. The molecule has 0 saturated carbocycles. The molecule has 0 aliphatic rings. The van der Waals surface area contributed by atoms with Crippen LogP contribution in [0.3, 0.4) is 0 Å². The molecule has 0 atom stereocenters. The average Bonchev–Trinajstić information content (AvgIpc) is 3.09. The van der Waals surface area contributed by atoms with Crippen molar-refractivity contribution in [3.8, 4) is 16.9 Å². The van der Waals surface area contributed by atoms with Crippen LogP contribution in [0.15, 0.2) is 72.9 Å². The molecule has 1 heterocycles. The second kappa shape index (κ2) is 6.40. The van der Waals surface area contributed by atoms with Crippen LogP contribution in [0.4, 0.5) is 8.78 Å². The van der Waals surface area contributed by atoms with E-state index in [1.807, 2.05) is 48.7 Å². The van der Waals surface area contributed by atoms with Crippen LogP contribution in [0.25, 0.3) is 22.0 Å². The first-order valence-electron chi connectivity index (χ1n) is 7.94. The minimum absolute atomic E-state index is 0.0372. The van der Waals surface area contributed by atoms with Gasteiger partial charge in [-0.3, -0.25) is 0 Å². The van der Waals surface area contributed by atoms with Crippen molar-refractivity contribution in [1.29, 1.82) is 0 Å². The summed E-state index contributed by atoms with van der Waals surface area (Å²) in [5.74, 6) is -0.547. The van der Waals surface area contributed by atoms with Gasteiger partial charge in [0.2, 0.25) is 0 Å². The maximum Gasteiger partial charge on any atom is 0.132 e. The van der Waals surface area contributed by atoms with Crippen molar-refractivity contribution in [2.24, 2.45) is 0 Å². The molecule has 1 N–H and O–H groups in total. The summed E-state index contributed by atoms with van der Waals surface area (Å²) in [4.78, 5) is 3.17. The summed E-state index contributed by atoms with van der Waals surface area (Å²) in [5.41, 5.74) is 3.32. The molecule has 0 aliphatic carbocycles. The third-order valence-electron chi connectivity index (χ3n) is 4.15. The number of fused-ring (bicyclic) bond motifs is 1. The van der Waals surface area contributed by atoms with Gasteiger partial charge >= 0.3 is 0 Å². The largest absolute Gasteiger partial charge is 0.488 e. The summed E-state index contributed by atoms with van der Waals surface area (Å²) < 4.78 is 32.6. The number of ether oxygens (including phenoxy) is 1. The molecule has 1 aromatic heterocycles. The van der Waals surface area contributed by atoms with Gasteiger partial charge in [0.25, 0.3) is 0 Å². The minimum atomic E-state index is -0.605. The van der Waals surface area contributed by atoms with E-state index in [4.69, 9.17) is 4.74 Å². The van der Waals surface area contributed by atoms with Gasteiger partial charge in [-0.1, -0.05) is 24.3 Å². The van der Waals surface area contributed by atoms with Crippen LogP contribution in [-0.2, 0) is 6.61 Å². The van der Waals surface area contributed by atoms with Gasteiger partial charge in [-0.05, 0) is 47.3 Å². The highest BCUT2D eigenvalue weighted by molar-refractivity contribution is 5.86. The lowest BCUT2D eigenvalue weighted by molar-refractivity contribution is 0.300. The van der Waals surface area contributed by atoms with Crippen LogP contribution in [0.1, 0.15) is 5.56 Å². The molecule has 4 aromatic rings. The van der Waals surface area contributed by atoms with E-state index >= 15 is 0 Å². The SMILES string of the molecule is Fc1ccc(COc2ccccc2-c2ccc3[nH]ccc3c2)c(F)c1. The van der Waals surface area contributed by atoms with E-state index in [0.717, 1.165) is 28.1 Å². The quantitative estimate of drug-likeness (QED) is 0.509. The topological polar surface area (TPSA) is 25.0 Å². The number of aromatic nitrogens is 1. The first-order valence-corrected chi connectivity index (χ1v) is 7.94. The fraction of sp³-hybridized carbons (Fsp3) is 0.0476. The van der Waals surface area contributed by atoms with E-state index in [2.05, 4.69) is 11.1 Å². The van der Waals surface area contributed by atoms with Crippen LogP contribution < -0.4 is 4.74 Å². The van der Waals surface area contributed by atoms with Crippen LogP contribution >= 0.6 is 0 Å². The molecule has 0 radical (unpaired) electrons. The highest BCUT2D eigenvalue weighted by Crippen LogP contribution is 2.32. The predicted molar refractivity (Wildman–Crippen MR) is 94.4 cm³/mol. The van der Waals surface area contributed by atoms with Crippen LogP contribution in [0.2, 0.25) is 0 Å². The van der Waals surface area contributed by atoms with Crippen molar-refractivity contribution in [3.05, 3.63) is 90.1 Å². The zero-order valence-corrected chi connectivity index (χ0v) is 13.3. The molecule has 0 bridgehead atoms. The van der Waals surface area contributed by atoms with Crippen molar-refractivity contribution < 1.29 is 13.5 Å². The normalized spacial score (nSPS) is 11.0. The summed E-state index contributed by atoms with van der Waals surface area (Å²) >= 11 is 0. The van der Waals surface area contributed by atoms with E-state index in [0.29, 0.717) is 11.3 Å². The van der Waals surface area contributed by atoms with Crippen molar-refractivity contribution in [1.82, 2.24) is 4.98 Å². The minimum Gasteiger partial charge on any atom is -0.488 e. The predicted octanol–water partition coefficient (Wildman–Crippen LogP) is 5.69. The highest BCUT2D eigenvalue weighted by Gasteiger charge is 2.09. The molecule has 4 heteroatoms. The Kier molecular flexibility index (Phi) is 3.94. The molecule has 0 amide bonds. The van der Waals surface area contributed by atoms with Crippen LogP contribution in [0.5, 0.6) is 5.75 Å². The lowest BCUT2D eigenvalue weighted by Crippen LogP contribution is -2.00. The molecule has 3 aromatic carbocycles. The Balaban J connectivity index is 1.64. The number of nitrogens with one attached hydrogen (secondary N) is 1. The molecule has 0 saturated heterocycles. The summed E-state index contributed by atoms with van der Waals surface area (Å²) in [5, 5.41) is 1.11. The molecule has 4 rings (SSSR count). The number of para-hydroxylation sites is 1. The average molecular weight is 335 g/mol. The second-order valence-corrected chi connectivity index (χ2v) is 5.80. The standard InChI is InChI=1S/C21H15F2NO/c22-17-7-5-16(19(23)12-17)13-25-21-4-2-1-3-18(21)14-6-8-20-15(11-14)9-10-24-20/h1-12,24H,13H2. The number of hydrogen-bond donors (Lipinski definition) is 1. The molecular weight excluding hydrogens is 320 g/mol. The summed E-state index contributed by atoms with van der Waals surface area (Å²) in [6.07, 6.45) is 1.90. The molecule has 0 aliphatic heterocycles. The van der Waals surface area contributed by atoms with E-state index in [1.165, 1.54) is 12.1 Å². The summed E-state index contributed by atoms with van der Waals surface area (Å²) in [6.45, 7) is 0.0372. The second-order valence-electron chi connectivity index (χ2n) is 5.80. The molecule has 124 valence electrons. The van der Waals surface area contributed by atoms with Gasteiger partial charge < -0.3 is 9.72 Å². The zero-order valence-electron chi connectivity index (χ0n) is 13.3. The fourth-order valence-corrected chi connectivity index (χ4v) is 2.85. The van der Waals surface area contributed by atoms with Gasteiger partial charge in [0.15, 0.2) is 0 Å². The number of hydrogen-bond acceptors (Lipinski definition) is 1.